The number of ketones is 1. The van der Waals surface area contributed by atoms with Crippen LogP contribution < -0.4 is 4.90 Å². The Morgan fingerprint density at radius 1 is 1.25 bits per heavy atom. The standard InChI is InChI=1S/C12H12ClNO2/c1-7-3-8(2)12(10(13)4-7)14-6-9(15)5-11(14)16/h3-4H,5-6H2,1-2H3. The minimum Gasteiger partial charge on any atom is -0.303 e. The fourth-order valence-electron chi connectivity index (χ4n) is 2.04. The van der Waals surface area contributed by atoms with Crippen molar-refractivity contribution in [2.75, 3.05) is 11.4 Å². The average molecular weight is 238 g/mol. The Hall–Kier alpha value is -1.35. The molecule has 1 heterocycles. The molecule has 1 aliphatic rings. The zero-order valence-corrected chi connectivity index (χ0v) is 9.97. The molecule has 1 aromatic rings. The van der Waals surface area contributed by atoms with E-state index in [2.05, 4.69) is 0 Å². The predicted molar refractivity (Wildman–Crippen MR) is 62.9 cm³/mol. The van der Waals surface area contributed by atoms with Gasteiger partial charge in [0.15, 0.2) is 5.78 Å². The fraction of sp³-hybridized carbons (Fsp3) is 0.333. The molecule has 1 aliphatic heterocycles. The van der Waals surface area contributed by atoms with Crippen molar-refractivity contribution in [3.05, 3.63) is 28.3 Å². The molecule has 0 N–H and O–H groups in total. The van der Waals surface area contributed by atoms with E-state index in [-0.39, 0.29) is 24.7 Å². The van der Waals surface area contributed by atoms with Gasteiger partial charge in [-0.2, -0.15) is 0 Å². The zero-order chi connectivity index (χ0) is 11.9. The summed E-state index contributed by atoms with van der Waals surface area (Å²) < 4.78 is 0. The van der Waals surface area contributed by atoms with E-state index in [1.165, 1.54) is 4.90 Å². The zero-order valence-electron chi connectivity index (χ0n) is 9.21. The van der Waals surface area contributed by atoms with E-state index in [1.54, 1.807) is 6.07 Å². The highest BCUT2D eigenvalue weighted by Crippen LogP contribution is 2.32. The monoisotopic (exact) mass is 237 g/mol. The maximum atomic E-state index is 11.6. The molecule has 0 spiro atoms. The summed E-state index contributed by atoms with van der Waals surface area (Å²) in [7, 11) is 0. The number of aryl methyl sites for hydroxylation is 2. The molecule has 2 rings (SSSR count). The first-order valence-corrected chi connectivity index (χ1v) is 5.45. The summed E-state index contributed by atoms with van der Waals surface area (Å²) >= 11 is 6.12. The van der Waals surface area contributed by atoms with Crippen LogP contribution in [0.4, 0.5) is 5.69 Å². The van der Waals surface area contributed by atoms with Crippen LogP contribution in [0.25, 0.3) is 0 Å². The maximum absolute atomic E-state index is 11.6. The van der Waals surface area contributed by atoms with Gasteiger partial charge in [0, 0.05) is 0 Å². The van der Waals surface area contributed by atoms with Crippen LogP contribution in [0.3, 0.4) is 0 Å². The third kappa shape index (κ3) is 1.83. The molecule has 1 fully saturated rings. The van der Waals surface area contributed by atoms with Crippen molar-refractivity contribution in [2.45, 2.75) is 20.3 Å². The second kappa shape index (κ2) is 3.91. The van der Waals surface area contributed by atoms with E-state index in [1.807, 2.05) is 19.9 Å². The van der Waals surface area contributed by atoms with Gasteiger partial charge in [0.1, 0.15) is 0 Å². The van der Waals surface area contributed by atoms with Gasteiger partial charge >= 0.3 is 0 Å². The summed E-state index contributed by atoms with van der Waals surface area (Å²) in [6, 6.07) is 3.76. The minimum absolute atomic E-state index is 0.0103. The predicted octanol–water partition coefficient (Wildman–Crippen LogP) is 2.26. The maximum Gasteiger partial charge on any atom is 0.234 e. The lowest BCUT2D eigenvalue weighted by Crippen LogP contribution is -2.25. The third-order valence-corrected chi connectivity index (χ3v) is 2.94. The Bertz CT molecular complexity index is 459. The van der Waals surface area contributed by atoms with Crippen LogP contribution in [0.15, 0.2) is 12.1 Å². The third-order valence-electron chi connectivity index (χ3n) is 2.65. The van der Waals surface area contributed by atoms with Crippen molar-refractivity contribution in [3.8, 4) is 0 Å². The molecular weight excluding hydrogens is 226 g/mol. The quantitative estimate of drug-likeness (QED) is 0.703. The number of amides is 1. The number of carbonyl (C=O) groups is 2. The van der Waals surface area contributed by atoms with Gasteiger partial charge in [0.25, 0.3) is 0 Å². The van der Waals surface area contributed by atoms with Crippen molar-refractivity contribution in [3.63, 3.8) is 0 Å². The number of halogens is 1. The lowest BCUT2D eigenvalue weighted by Gasteiger charge is -2.19. The van der Waals surface area contributed by atoms with Crippen LogP contribution >= 0.6 is 11.6 Å². The highest BCUT2D eigenvalue weighted by atomic mass is 35.5. The van der Waals surface area contributed by atoms with Crippen molar-refractivity contribution in [2.24, 2.45) is 0 Å². The molecule has 0 aliphatic carbocycles. The molecule has 0 unspecified atom stereocenters. The van der Waals surface area contributed by atoms with Crippen LogP contribution in [0.2, 0.25) is 5.02 Å². The molecule has 3 nitrogen and oxygen atoms in total. The van der Waals surface area contributed by atoms with Gasteiger partial charge in [0.05, 0.1) is 23.7 Å². The lowest BCUT2D eigenvalue weighted by molar-refractivity contribution is -0.121. The largest absolute Gasteiger partial charge is 0.303 e. The SMILES string of the molecule is Cc1cc(C)c(N2CC(=O)CC2=O)c(Cl)c1. The van der Waals surface area contributed by atoms with Gasteiger partial charge < -0.3 is 4.90 Å². The van der Waals surface area contributed by atoms with Crippen LogP contribution in [0.5, 0.6) is 0 Å². The molecule has 0 radical (unpaired) electrons. The topological polar surface area (TPSA) is 37.4 Å². The average Bonchev–Trinajstić information content (AvgIpc) is 2.43. The summed E-state index contributed by atoms with van der Waals surface area (Å²) in [4.78, 5) is 24.3. The van der Waals surface area contributed by atoms with Gasteiger partial charge in [-0.3, -0.25) is 9.59 Å². The van der Waals surface area contributed by atoms with Crippen LogP contribution in [0.1, 0.15) is 17.5 Å². The van der Waals surface area contributed by atoms with Gasteiger partial charge in [-0.15, -0.1) is 0 Å². The molecule has 84 valence electrons. The van der Waals surface area contributed by atoms with Crippen molar-refractivity contribution in [1.29, 1.82) is 0 Å². The molecule has 0 saturated carbocycles. The lowest BCUT2D eigenvalue weighted by atomic mass is 10.1. The van der Waals surface area contributed by atoms with Gasteiger partial charge in [-0.05, 0) is 31.0 Å². The highest BCUT2D eigenvalue weighted by molar-refractivity contribution is 6.34. The number of benzene rings is 1. The second-order valence-electron chi connectivity index (χ2n) is 4.11. The number of rotatable bonds is 1. The summed E-state index contributed by atoms with van der Waals surface area (Å²) in [5.41, 5.74) is 2.64. The molecule has 1 aromatic carbocycles. The van der Waals surface area contributed by atoms with Gasteiger partial charge in [-0.25, -0.2) is 0 Å². The number of hydrogen-bond donors (Lipinski definition) is 0. The number of hydrogen-bond acceptors (Lipinski definition) is 2. The first-order valence-electron chi connectivity index (χ1n) is 5.08. The smallest absolute Gasteiger partial charge is 0.234 e. The Morgan fingerprint density at radius 3 is 2.44 bits per heavy atom. The van der Waals surface area contributed by atoms with Gasteiger partial charge in [0.2, 0.25) is 5.91 Å². The second-order valence-corrected chi connectivity index (χ2v) is 4.51. The first kappa shape index (κ1) is 11.1. The van der Waals surface area contributed by atoms with E-state index in [9.17, 15) is 9.59 Å². The Morgan fingerprint density at radius 2 is 1.94 bits per heavy atom. The number of nitrogens with zero attached hydrogens (tertiary/aromatic N) is 1. The Balaban J connectivity index is 2.48. The van der Waals surface area contributed by atoms with E-state index in [0.717, 1.165) is 11.1 Å². The molecular formula is C12H12ClNO2. The summed E-state index contributed by atoms with van der Waals surface area (Å²) in [6.45, 7) is 3.98. The molecule has 4 heteroatoms. The molecule has 0 atom stereocenters. The molecule has 1 amide bonds. The van der Waals surface area contributed by atoms with Crippen LogP contribution in [0, 0.1) is 13.8 Å². The number of anilines is 1. The Kier molecular flexibility index (Phi) is 2.72. The summed E-state index contributed by atoms with van der Waals surface area (Å²) in [5.74, 6) is -0.222. The van der Waals surface area contributed by atoms with Crippen molar-refractivity contribution < 1.29 is 9.59 Å². The van der Waals surface area contributed by atoms with E-state index in [4.69, 9.17) is 11.6 Å². The van der Waals surface area contributed by atoms with Crippen LogP contribution in [-0.2, 0) is 9.59 Å². The van der Waals surface area contributed by atoms with E-state index in [0.29, 0.717) is 10.7 Å². The fourth-order valence-corrected chi connectivity index (χ4v) is 2.46. The summed E-state index contributed by atoms with van der Waals surface area (Å²) in [5, 5.41) is 0.528. The van der Waals surface area contributed by atoms with Crippen LogP contribution in [-0.4, -0.2) is 18.2 Å². The Labute approximate surface area is 99.0 Å². The number of carbonyl (C=O) groups excluding carboxylic acids is 2. The summed E-state index contributed by atoms with van der Waals surface area (Å²) in [6.07, 6.45) is -0.0103. The van der Waals surface area contributed by atoms with E-state index >= 15 is 0 Å². The normalized spacial score (nSPS) is 16.1. The molecule has 1 saturated heterocycles. The molecule has 0 aromatic heterocycles. The highest BCUT2D eigenvalue weighted by Gasteiger charge is 2.30. The van der Waals surface area contributed by atoms with Crippen molar-refractivity contribution >= 4 is 29.0 Å². The first-order chi connectivity index (χ1) is 7.49. The molecule has 0 bridgehead atoms. The van der Waals surface area contributed by atoms with Crippen molar-refractivity contribution in [1.82, 2.24) is 0 Å². The number of Topliss-reactive ketones (excluding diaryl/α,β-unsaturated/α-hetero) is 1. The van der Waals surface area contributed by atoms with E-state index < -0.39 is 0 Å². The minimum atomic E-state index is -0.168. The van der Waals surface area contributed by atoms with Gasteiger partial charge in [-0.1, -0.05) is 17.7 Å². The molecule has 16 heavy (non-hydrogen) atoms.